The first kappa shape index (κ1) is 38.0. The highest BCUT2D eigenvalue weighted by Crippen LogP contribution is 2.34. The maximum atomic E-state index is 5.52. The van der Waals surface area contributed by atoms with E-state index >= 15 is 0 Å². The normalized spacial score (nSPS) is 13.6. The van der Waals surface area contributed by atoms with Gasteiger partial charge in [-0.2, -0.15) is 0 Å². The zero-order valence-electron chi connectivity index (χ0n) is 31.5. The van der Waals surface area contributed by atoms with Gasteiger partial charge >= 0.3 is 0 Å². The molecule has 1 heterocycles. The van der Waals surface area contributed by atoms with Crippen molar-refractivity contribution in [2.45, 2.75) is 118 Å². The molecule has 4 aromatic rings. The van der Waals surface area contributed by atoms with Crippen LogP contribution in [-0.4, -0.2) is 6.61 Å². The molecule has 0 saturated heterocycles. The predicted octanol–water partition coefficient (Wildman–Crippen LogP) is 14.2. The quantitative estimate of drug-likeness (QED) is 0.103. The van der Waals surface area contributed by atoms with Crippen molar-refractivity contribution in [1.82, 2.24) is 0 Å². The lowest BCUT2D eigenvalue weighted by Gasteiger charge is -2.20. The third-order valence-electron chi connectivity index (χ3n) is 10.2. The lowest BCUT2D eigenvalue weighted by atomic mass is 9.85. The average molecular weight is 655 g/mol. The second kappa shape index (κ2) is 20.0. The molecule has 4 aromatic carbocycles. The van der Waals surface area contributed by atoms with Crippen LogP contribution in [0.5, 0.6) is 0 Å². The summed E-state index contributed by atoms with van der Waals surface area (Å²) >= 11 is 0. The number of allylic oxidation sites excluding steroid dienone is 2. The molecule has 2 unspecified atom stereocenters. The van der Waals surface area contributed by atoms with Gasteiger partial charge in [0.15, 0.2) is 0 Å². The van der Waals surface area contributed by atoms with Gasteiger partial charge in [-0.1, -0.05) is 158 Å². The molecule has 260 valence electrons. The Kier molecular flexibility index (Phi) is 15.5. The summed E-state index contributed by atoms with van der Waals surface area (Å²) in [6.45, 7) is 18.8. The van der Waals surface area contributed by atoms with E-state index in [4.69, 9.17) is 4.74 Å². The van der Waals surface area contributed by atoms with Crippen molar-refractivity contribution in [3.8, 4) is 0 Å². The van der Waals surface area contributed by atoms with Crippen LogP contribution in [0.1, 0.15) is 137 Å². The first-order valence-corrected chi connectivity index (χ1v) is 19.3. The summed E-state index contributed by atoms with van der Waals surface area (Å²) in [5, 5.41) is 2.74. The maximum Gasteiger partial charge on any atom is 0.109 e. The van der Waals surface area contributed by atoms with E-state index in [0.29, 0.717) is 11.8 Å². The molecule has 0 fully saturated rings. The second-order valence-corrected chi connectivity index (χ2v) is 14.1. The molecule has 0 saturated carbocycles. The third kappa shape index (κ3) is 11.1. The number of rotatable bonds is 17. The van der Waals surface area contributed by atoms with Gasteiger partial charge in [-0.25, -0.2) is 0 Å². The Labute approximate surface area is 299 Å². The summed E-state index contributed by atoms with van der Waals surface area (Å²) in [7, 11) is 0. The van der Waals surface area contributed by atoms with E-state index in [1.165, 1.54) is 77.1 Å². The van der Waals surface area contributed by atoms with Gasteiger partial charge in [0.2, 0.25) is 0 Å². The standard InChI is InChI=1S/C44H52O.C4H10/c1-6-14-44-42(25-24-40-31-39(23-26-43(40)44)34(5)38-17-12-9-13-18-38)32(3)15-10-8-11-16-36-20-22-37(33(4)29-36)21-19-35(7-2)30-41-27-28-45-41;1-3-4-2/h9,12-13,17-27,29,31-32,35H,5-8,10-11,14-16,28,30H2,1-4H3;3-4H2,1-2H3/b21-19-;. The van der Waals surface area contributed by atoms with E-state index in [1.54, 1.807) is 11.1 Å². The monoisotopic (exact) mass is 654 g/mol. The lowest BCUT2D eigenvalue weighted by Crippen LogP contribution is -2.08. The molecule has 0 aliphatic carbocycles. The van der Waals surface area contributed by atoms with Crippen molar-refractivity contribution >= 4 is 22.4 Å². The summed E-state index contributed by atoms with van der Waals surface area (Å²) < 4.78 is 5.52. The number of hydrogen-bond acceptors (Lipinski definition) is 1. The van der Waals surface area contributed by atoms with E-state index < -0.39 is 0 Å². The molecule has 0 radical (unpaired) electrons. The molecule has 5 rings (SSSR count). The van der Waals surface area contributed by atoms with E-state index in [2.05, 4.69) is 145 Å². The number of aryl methyl sites for hydroxylation is 3. The SMILES string of the molecule is C=C(c1ccccc1)c1ccc2c(CCC)c(C(C)CCCCCc3ccc(/C=C\C(CC)CC4=CCO4)c(C)c3)ccc2c1.CCCC. The number of ether oxygens (including phenoxy) is 1. The first-order valence-electron chi connectivity index (χ1n) is 19.3. The molecular formula is C48H62O. The van der Waals surface area contributed by atoms with Gasteiger partial charge in [0.05, 0.1) is 5.76 Å². The van der Waals surface area contributed by atoms with Crippen LogP contribution < -0.4 is 0 Å². The van der Waals surface area contributed by atoms with Crippen molar-refractivity contribution in [2.24, 2.45) is 5.92 Å². The summed E-state index contributed by atoms with van der Waals surface area (Å²) in [6.07, 6.45) is 20.2. The Bertz CT molecular complexity index is 1670. The molecule has 0 N–H and O–H groups in total. The molecule has 0 spiro atoms. The van der Waals surface area contributed by atoms with Gasteiger partial charge in [-0.15, -0.1) is 0 Å². The minimum absolute atomic E-state index is 0.545. The Hall–Kier alpha value is -3.84. The largest absolute Gasteiger partial charge is 0.494 e. The van der Waals surface area contributed by atoms with Gasteiger partial charge in [-0.05, 0) is 118 Å². The molecule has 1 heteroatoms. The van der Waals surface area contributed by atoms with E-state index in [9.17, 15) is 0 Å². The van der Waals surface area contributed by atoms with E-state index in [-0.39, 0.29) is 0 Å². The fraction of sp³-hybridized carbons (Fsp3) is 0.417. The molecule has 0 aromatic heterocycles. The minimum Gasteiger partial charge on any atom is -0.494 e. The van der Waals surface area contributed by atoms with Gasteiger partial charge < -0.3 is 4.74 Å². The third-order valence-corrected chi connectivity index (χ3v) is 10.2. The highest BCUT2D eigenvalue weighted by molar-refractivity contribution is 5.91. The fourth-order valence-corrected chi connectivity index (χ4v) is 6.78. The maximum absolute atomic E-state index is 5.52. The van der Waals surface area contributed by atoms with Crippen molar-refractivity contribution < 1.29 is 4.74 Å². The van der Waals surface area contributed by atoms with Crippen molar-refractivity contribution in [3.63, 3.8) is 0 Å². The van der Waals surface area contributed by atoms with Crippen molar-refractivity contribution in [2.75, 3.05) is 6.61 Å². The average Bonchev–Trinajstić information content (AvgIpc) is 3.11. The van der Waals surface area contributed by atoms with Crippen LogP contribution in [0, 0.1) is 12.8 Å². The zero-order chi connectivity index (χ0) is 35.0. The minimum atomic E-state index is 0.545. The van der Waals surface area contributed by atoms with Crippen LogP contribution >= 0.6 is 0 Å². The number of unbranched alkanes of at least 4 members (excludes halogenated alkanes) is 3. The van der Waals surface area contributed by atoms with Crippen LogP contribution in [0.3, 0.4) is 0 Å². The van der Waals surface area contributed by atoms with E-state index in [0.717, 1.165) is 50.0 Å². The van der Waals surface area contributed by atoms with Gasteiger partial charge in [-0.3, -0.25) is 0 Å². The van der Waals surface area contributed by atoms with Crippen LogP contribution in [0.15, 0.2) is 103 Å². The van der Waals surface area contributed by atoms with Gasteiger partial charge in [0.25, 0.3) is 0 Å². The molecule has 0 amide bonds. The molecular weight excluding hydrogens is 593 g/mol. The molecule has 2 atom stereocenters. The lowest BCUT2D eigenvalue weighted by molar-refractivity contribution is 0.178. The fourth-order valence-electron chi connectivity index (χ4n) is 6.78. The van der Waals surface area contributed by atoms with Crippen LogP contribution in [0.25, 0.3) is 22.4 Å². The summed E-state index contributed by atoms with van der Waals surface area (Å²) in [6, 6.07) is 29.2. The van der Waals surface area contributed by atoms with Gasteiger partial charge in [0.1, 0.15) is 6.61 Å². The highest BCUT2D eigenvalue weighted by atomic mass is 16.5. The van der Waals surface area contributed by atoms with Crippen molar-refractivity contribution in [3.05, 3.63) is 142 Å². The molecule has 1 aliphatic heterocycles. The summed E-state index contributed by atoms with van der Waals surface area (Å²) in [5.41, 5.74) is 10.7. The van der Waals surface area contributed by atoms with Gasteiger partial charge in [0, 0.05) is 6.42 Å². The Balaban J connectivity index is 0.00000128. The first-order chi connectivity index (χ1) is 23.9. The molecule has 1 aliphatic rings. The van der Waals surface area contributed by atoms with Crippen LogP contribution in [0.2, 0.25) is 0 Å². The summed E-state index contributed by atoms with van der Waals surface area (Å²) in [5.74, 6) is 2.28. The topological polar surface area (TPSA) is 9.23 Å². The number of fused-ring (bicyclic) bond motifs is 1. The molecule has 0 bridgehead atoms. The number of hydrogen-bond donors (Lipinski definition) is 0. The summed E-state index contributed by atoms with van der Waals surface area (Å²) in [4.78, 5) is 0. The predicted molar refractivity (Wildman–Crippen MR) is 216 cm³/mol. The Morgan fingerprint density at radius 1 is 0.816 bits per heavy atom. The number of benzene rings is 4. The smallest absolute Gasteiger partial charge is 0.109 e. The van der Waals surface area contributed by atoms with Crippen molar-refractivity contribution in [1.29, 1.82) is 0 Å². The van der Waals surface area contributed by atoms with Crippen LogP contribution in [0.4, 0.5) is 0 Å². The second-order valence-electron chi connectivity index (χ2n) is 14.1. The Morgan fingerprint density at radius 2 is 1.59 bits per heavy atom. The molecule has 49 heavy (non-hydrogen) atoms. The van der Waals surface area contributed by atoms with Crippen LogP contribution in [-0.2, 0) is 17.6 Å². The van der Waals surface area contributed by atoms with E-state index in [1.807, 2.05) is 0 Å². The Morgan fingerprint density at radius 3 is 2.24 bits per heavy atom. The zero-order valence-corrected chi connectivity index (χ0v) is 31.5. The highest BCUT2D eigenvalue weighted by Gasteiger charge is 2.15. The molecule has 1 nitrogen and oxygen atoms in total.